The molecular formula is C15H19BrN4O2. The highest BCUT2D eigenvalue weighted by atomic mass is 79.9. The van der Waals surface area contributed by atoms with Crippen LogP contribution >= 0.6 is 15.9 Å². The van der Waals surface area contributed by atoms with Gasteiger partial charge in [0, 0.05) is 24.3 Å². The fourth-order valence-electron chi connectivity index (χ4n) is 1.78. The standard InChI is InChI=1S/C15H19BrN4O2/c1-19(2)6-7-22-12-4-5-14(17-9-12)18-13-8-11(16)10-20(3)15(13)21/h4-5,8-10H,6-7H2,1-3H3,(H,17,18). The van der Waals surface area contributed by atoms with Crippen molar-refractivity contribution < 1.29 is 4.74 Å². The molecule has 0 aliphatic rings. The first-order chi connectivity index (χ1) is 10.5. The van der Waals surface area contributed by atoms with E-state index in [4.69, 9.17) is 4.74 Å². The minimum atomic E-state index is -0.115. The van der Waals surface area contributed by atoms with Crippen LogP contribution in [0.1, 0.15) is 0 Å². The van der Waals surface area contributed by atoms with Crippen molar-refractivity contribution in [2.75, 3.05) is 32.6 Å². The second-order valence-corrected chi connectivity index (χ2v) is 6.06. The topological polar surface area (TPSA) is 59.4 Å². The van der Waals surface area contributed by atoms with Gasteiger partial charge < -0.3 is 19.5 Å². The first-order valence-electron chi connectivity index (χ1n) is 6.82. The van der Waals surface area contributed by atoms with E-state index in [1.165, 1.54) is 4.57 Å². The van der Waals surface area contributed by atoms with Gasteiger partial charge in [-0.05, 0) is 48.2 Å². The van der Waals surface area contributed by atoms with Gasteiger partial charge in [0.1, 0.15) is 23.9 Å². The van der Waals surface area contributed by atoms with Gasteiger partial charge in [0.25, 0.3) is 5.56 Å². The maximum atomic E-state index is 12.0. The average molecular weight is 367 g/mol. The molecule has 0 fully saturated rings. The Kier molecular flexibility index (Phi) is 5.57. The zero-order valence-electron chi connectivity index (χ0n) is 12.8. The molecule has 2 heterocycles. The smallest absolute Gasteiger partial charge is 0.274 e. The van der Waals surface area contributed by atoms with E-state index in [2.05, 4.69) is 26.2 Å². The SMILES string of the molecule is CN(C)CCOc1ccc(Nc2cc(Br)cn(C)c2=O)nc1. The van der Waals surface area contributed by atoms with E-state index in [0.717, 1.165) is 11.0 Å². The van der Waals surface area contributed by atoms with Crippen LogP contribution in [-0.4, -0.2) is 41.7 Å². The Hall–Kier alpha value is -1.86. The summed E-state index contributed by atoms with van der Waals surface area (Å²) in [6.45, 7) is 1.45. The first kappa shape index (κ1) is 16.5. The van der Waals surface area contributed by atoms with Crippen LogP contribution in [0.25, 0.3) is 0 Å². The molecule has 6 nitrogen and oxygen atoms in total. The van der Waals surface area contributed by atoms with Crippen LogP contribution in [0.15, 0.2) is 39.9 Å². The van der Waals surface area contributed by atoms with Crippen molar-refractivity contribution in [3.05, 3.63) is 45.4 Å². The lowest BCUT2D eigenvalue weighted by Gasteiger charge is -2.11. The summed E-state index contributed by atoms with van der Waals surface area (Å²) in [5.74, 6) is 1.30. The third-order valence-electron chi connectivity index (χ3n) is 2.96. The molecule has 22 heavy (non-hydrogen) atoms. The number of aromatic nitrogens is 2. The van der Waals surface area contributed by atoms with E-state index in [0.29, 0.717) is 23.9 Å². The molecule has 2 aromatic heterocycles. The summed E-state index contributed by atoms with van der Waals surface area (Å²) >= 11 is 3.37. The summed E-state index contributed by atoms with van der Waals surface area (Å²) < 4.78 is 7.90. The lowest BCUT2D eigenvalue weighted by Crippen LogP contribution is -2.19. The third kappa shape index (κ3) is 4.57. The van der Waals surface area contributed by atoms with Gasteiger partial charge in [0.15, 0.2) is 0 Å². The van der Waals surface area contributed by atoms with Crippen molar-refractivity contribution in [3.8, 4) is 5.75 Å². The highest BCUT2D eigenvalue weighted by Crippen LogP contribution is 2.17. The van der Waals surface area contributed by atoms with Gasteiger partial charge in [-0.3, -0.25) is 4.79 Å². The molecular weight excluding hydrogens is 348 g/mol. The van der Waals surface area contributed by atoms with Crippen LogP contribution in [0.5, 0.6) is 5.75 Å². The second kappa shape index (κ2) is 7.42. The number of pyridine rings is 2. The largest absolute Gasteiger partial charge is 0.491 e. The van der Waals surface area contributed by atoms with Gasteiger partial charge in [0.05, 0.1) is 6.20 Å². The van der Waals surface area contributed by atoms with Crippen molar-refractivity contribution in [2.45, 2.75) is 0 Å². The number of hydrogen-bond donors (Lipinski definition) is 1. The van der Waals surface area contributed by atoms with Crippen LogP contribution in [-0.2, 0) is 7.05 Å². The number of hydrogen-bond acceptors (Lipinski definition) is 5. The molecule has 0 aliphatic carbocycles. The fraction of sp³-hybridized carbons (Fsp3) is 0.333. The van der Waals surface area contributed by atoms with Crippen LogP contribution in [0.4, 0.5) is 11.5 Å². The summed E-state index contributed by atoms with van der Waals surface area (Å²) in [4.78, 5) is 18.3. The highest BCUT2D eigenvalue weighted by Gasteiger charge is 2.05. The van der Waals surface area contributed by atoms with Crippen molar-refractivity contribution in [3.63, 3.8) is 0 Å². The maximum Gasteiger partial charge on any atom is 0.274 e. The zero-order chi connectivity index (χ0) is 16.1. The number of nitrogens with one attached hydrogen (secondary N) is 1. The lowest BCUT2D eigenvalue weighted by atomic mass is 10.3. The molecule has 0 aromatic carbocycles. The first-order valence-corrected chi connectivity index (χ1v) is 7.62. The second-order valence-electron chi connectivity index (χ2n) is 5.14. The number of ether oxygens (including phenoxy) is 1. The van der Waals surface area contributed by atoms with Gasteiger partial charge >= 0.3 is 0 Å². The lowest BCUT2D eigenvalue weighted by molar-refractivity contribution is 0.260. The summed E-state index contributed by atoms with van der Waals surface area (Å²) in [6, 6.07) is 5.34. The van der Waals surface area contributed by atoms with E-state index in [1.807, 2.05) is 25.1 Å². The number of halogens is 1. The van der Waals surface area contributed by atoms with E-state index >= 15 is 0 Å². The molecule has 0 saturated carbocycles. The van der Waals surface area contributed by atoms with Crippen LogP contribution in [0.2, 0.25) is 0 Å². The quantitative estimate of drug-likeness (QED) is 0.849. The number of aryl methyl sites for hydroxylation is 1. The summed E-state index contributed by atoms with van der Waals surface area (Å²) in [5.41, 5.74) is 0.349. The van der Waals surface area contributed by atoms with E-state index in [1.54, 1.807) is 31.6 Å². The summed E-state index contributed by atoms with van der Waals surface area (Å²) in [6.07, 6.45) is 3.35. The van der Waals surface area contributed by atoms with Crippen LogP contribution < -0.4 is 15.6 Å². The number of nitrogens with zero attached hydrogens (tertiary/aromatic N) is 3. The minimum absolute atomic E-state index is 0.115. The van der Waals surface area contributed by atoms with Gasteiger partial charge in [-0.1, -0.05) is 0 Å². The number of rotatable bonds is 6. The number of anilines is 2. The molecule has 0 radical (unpaired) electrons. The highest BCUT2D eigenvalue weighted by molar-refractivity contribution is 9.10. The number of likely N-dealkylation sites (N-methyl/N-ethyl adjacent to an activating group) is 1. The van der Waals surface area contributed by atoms with E-state index in [-0.39, 0.29) is 5.56 Å². The predicted molar refractivity (Wildman–Crippen MR) is 91.0 cm³/mol. The normalized spacial score (nSPS) is 10.8. The molecule has 7 heteroatoms. The van der Waals surface area contributed by atoms with Crippen molar-refractivity contribution in [1.29, 1.82) is 0 Å². The van der Waals surface area contributed by atoms with Gasteiger partial charge in [-0.25, -0.2) is 4.98 Å². The van der Waals surface area contributed by atoms with Crippen molar-refractivity contribution >= 4 is 27.4 Å². The molecule has 0 spiro atoms. The maximum absolute atomic E-state index is 12.0. The molecule has 0 unspecified atom stereocenters. The molecule has 0 aliphatic heterocycles. The average Bonchev–Trinajstić information content (AvgIpc) is 2.45. The molecule has 0 amide bonds. The summed E-state index contributed by atoms with van der Waals surface area (Å²) in [5, 5.41) is 3.02. The van der Waals surface area contributed by atoms with Gasteiger partial charge in [0.2, 0.25) is 0 Å². The minimum Gasteiger partial charge on any atom is -0.491 e. The Morgan fingerprint density at radius 3 is 2.82 bits per heavy atom. The Morgan fingerprint density at radius 2 is 2.18 bits per heavy atom. The molecule has 1 N–H and O–H groups in total. The van der Waals surface area contributed by atoms with Crippen molar-refractivity contribution in [2.24, 2.45) is 7.05 Å². The molecule has 2 aromatic rings. The Balaban J connectivity index is 2.04. The zero-order valence-corrected chi connectivity index (χ0v) is 14.4. The third-order valence-corrected chi connectivity index (χ3v) is 3.39. The Labute approximate surface area is 137 Å². The Morgan fingerprint density at radius 1 is 1.41 bits per heavy atom. The van der Waals surface area contributed by atoms with Crippen LogP contribution in [0.3, 0.4) is 0 Å². The predicted octanol–water partition coefficient (Wildman–Crippen LogP) is 2.23. The molecule has 2 rings (SSSR count). The molecule has 0 atom stereocenters. The van der Waals surface area contributed by atoms with Gasteiger partial charge in [-0.2, -0.15) is 0 Å². The molecule has 0 saturated heterocycles. The summed E-state index contributed by atoms with van der Waals surface area (Å²) in [7, 11) is 5.69. The molecule has 118 valence electrons. The van der Waals surface area contributed by atoms with E-state index < -0.39 is 0 Å². The molecule has 0 bridgehead atoms. The Bertz CT molecular complexity index is 683. The van der Waals surface area contributed by atoms with Crippen molar-refractivity contribution in [1.82, 2.24) is 14.5 Å². The van der Waals surface area contributed by atoms with Gasteiger partial charge in [-0.15, -0.1) is 0 Å². The fourth-order valence-corrected chi connectivity index (χ4v) is 2.32. The van der Waals surface area contributed by atoms with Crippen LogP contribution in [0, 0.1) is 0 Å². The van der Waals surface area contributed by atoms with E-state index in [9.17, 15) is 4.79 Å². The monoisotopic (exact) mass is 366 g/mol.